The molecule has 1 heterocycles. The monoisotopic (exact) mass is 293 g/mol. The van der Waals surface area contributed by atoms with E-state index in [2.05, 4.69) is 38.3 Å². The van der Waals surface area contributed by atoms with Crippen LogP contribution < -0.4 is 5.32 Å². The van der Waals surface area contributed by atoms with Gasteiger partial charge in [-0.05, 0) is 69.2 Å². The summed E-state index contributed by atoms with van der Waals surface area (Å²) < 4.78 is 0. The maximum Gasteiger partial charge on any atom is 0.00510 e. The summed E-state index contributed by atoms with van der Waals surface area (Å²) in [6.45, 7) is 5.80. The molecule has 1 N–H and O–H groups in total. The first-order valence-corrected chi connectivity index (χ1v) is 9.30. The molecule has 1 aliphatic carbocycles. The molecule has 0 bridgehead atoms. The van der Waals surface area contributed by atoms with Crippen LogP contribution in [0.4, 0.5) is 0 Å². The normalized spacial score (nSPS) is 26.9. The fourth-order valence-corrected chi connectivity index (χ4v) is 4.91. The van der Waals surface area contributed by atoms with Crippen LogP contribution in [0.2, 0.25) is 0 Å². The average Bonchev–Trinajstić information content (AvgIpc) is 2.90. The van der Waals surface area contributed by atoms with Crippen molar-refractivity contribution in [3.05, 3.63) is 21.9 Å². The maximum atomic E-state index is 3.42. The summed E-state index contributed by atoms with van der Waals surface area (Å²) >= 11 is 2.04. The van der Waals surface area contributed by atoms with E-state index in [1.807, 2.05) is 11.3 Å². The predicted octanol–water partition coefficient (Wildman–Crippen LogP) is 4.91. The summed E-state index contributed by atoms with van der Waals surface area (Å²) in [4.78, 5) is 3.16. The molecule has 0 aliphatic heterocycles. The number of thiophene rings is 1. The molecule has 0 aromatic carbocycles. The van der Waals surface area contributed by atoms with Crippen LogP contribution in [0.25, 0.3) is 0 Å². The molecule has 1 fully saturated rings. The van der Waals surface area contributed by atoms with Crippen molar-refractivity contribution in [3.8, 4) is 0 Å². The highest BCUT2D eigenvalue weighted by molar-refractivity contribution is 7.11. The van der Waals surface area contributed by atoms with Gasteiger partial charge >= 0.3 is 0 Å². The summed E-state index contributed by atoms with van der Waals surface area (Å²) in [5.41, 5.74) is 0. The van der Waals surface area contributed by atoms with Gasteiger partial charge in [-0.1, -0.05) is 33.1 Å². The Morgan fingerprint density at radius 2 is 1.95 bits per heavy atom. The van der Waals surface area contributed by atoms with Gasteiger partial charge in [-0.15, -0.1) is 11.3 Å². The van der Waals surface area contributed by atoms with Gasteiger partial charge in [-0.25, -0.2) is 0 Å². The van der Waals surface area contributed by atoms with Crippen LogP contribution in [0.5, 0.6) is 0 Å². The first kappa shape index (κ1) is 16.0. The molecule has 2 heteroatoms. The molecule has 2 rings (SSSR count). The molecule has 20 heavy (non-hydrogen) atoms. The first-order valence-electron chi connectivity index (χ1n) is 8.48. The second-order valence-electron chi connectivity index (χ2n) is 6.47. The third-order valence-electron chi connectivity index (χ3n) is 4.94. The minimum Gasteiger partial charge on any atom is -0.319 e. The van der Waals surface area contributed by atoms with E-state index in [1.54, 1.807) is 9.75 Å². The first-order chi connectivity index (χ1) is 9.76. The largest absolute Gasteiger partial charge is 0.319 e. The molecule has 1 saturated carbocycles. The van der Waals surface area contributed by atoms with Crippen LogP contribution in [0.3, 0.4) is 0 Å². The third kappa shape index (κ3) is 4.33. The Hall–Kier alpha value is -0.340. The van der Waals surface area contributed by atoms with Gasteiger partial charge in [0.05, 0.1) is 0 Å². The van der Waals surface area contributed by atoms with Gasteiger partial charge in [0.2, 0.25) is 0 Å². The van der Waals surface area contributed by atoms with Crippen LogP contribution in [-0.2, 0) is 12.8 Å². The van der Waals surface area contributed by atoms with Crippen LogP contribution in [-0.4, -0.2) is 13.6 Å². The number of rotatable bonds is 7. The number of aryl methyl sites for hydroxylation is 1. The SMILES string of the molecule is CCCC1CCC(CNC)C(Cc2ccc(CC)s2)C1. The van der Waals surface area contributed by atoms with Crippen molar-refractivity contribution in [2.24, 2.45) is 17.8 Å². The van der Waals surface area contributed by atoms with Gasteiger partial charge in [0.25, 0.3) is 0 Å². The zero-order chi connectivity index (χ0) is 14.4. The van der Waals surface area contributed by atoms with Crippen molar-refractivity contribution in [1.29, 1.82) is 0 Å². The van der Waals surface area contributed by atoms with Crippen LogP contribution in [0.1, 0.15) is 55.7 Å². The van der Waals surface area contributed by atoms with Crippen molar-refractivity contribution in [2.75, 3.05) is 13.6 Å². The van der Waals surface area contributed by atoms with Gasteiger partial charge in [0.1, 0.15) is 0 Å². The zero-order valence-electron chi connectivity index (χ0n) is 13.5. The molecule has 3 atom stereocenters. The smallest absolute Gasteiger partial charge is 0.00510 e. The topological polar surface area (TPSA) is 12.0 Å². The fourth-order valence-electron chi connectivity index (χ4n) is 3.86. The van der Waals surface area contributed by atoms with Crippen LogP contribution in [0.15, 0.2) is 12.1 Å². The minimum absolute atomic E-state index is 0.889. The van der Waals surface area contributed by atoms with E-state index in [-0.39, 0.29) is 0 Å². The second-order valence-corrected chi connectivity index (χ2v) is 7.72. The highest BCUT2D eigenvalue weighted by Gasteiger charge is 2.29. The van der Waals surface area contributed by atoms with E-state index in [9.17, 15) is 0 Å². The molecule has 1 aromatic rings. The van der Waals surface area contributed by atoms with E-state index in [1.165, 1.54) is 51.5 Å². The average molecular weight is 294 g/mol. The summed E-state index contributed by atoms with van der Waals surface area (Å²) in [6, 6.07) is 4.71. The molecule has 0 amide bonds. The van der Waals surface area contributed by atoms with Gasteiger partial charge in [-0.3, -0.25) is 0 Å². The van der Waals surface area contributed by atoms with Crippen molar-refractivity contribution >= 4 is 11.3 Å². The molecule has 0 radical (unpaired) electrons. The highest BCUT2D eigenvalue weighted by Crippen LogP contribution is 2.38. The van der Waals surface area contributed by atoms with Gasteiger partial charge < -0.3 is 5.32 Å². The van der Waals surface area contributed by atoms with Crippen molar-refractivity contribution < 1.29 is 0 Å². The molecule has 0 spiro atoms. The standard InChI is InChI=1S/C18H31NS/c1-4-6-14-7-8-15(13-19-3)16(11-14)12-18-10-9-17(5-2)20-18/h9-10,14-16,19H,4-8,11-13H2,1-3H3. The molecule has 3 unspecified atom stereocenters. The lowest BCUT2D eigenvalue weighted by molar-refractivity contribution is 0.170. The Kier molecular flexibility index (Phi) is 6.57. The molecular weight excluding hydrogens is 262 g/mol. The van der Waals surface area contributed by atoms with E-state index in [0.717, 1.165) is 17.8 Å². The highest BCUT2D eigenvalue weighted by atomic mass is 32.1. The van der Waals surface area contributed by atoms with E-state index < -0.39 is 0 Å². The van der Waals surface area contributed by atoms with Crippen molar-refractivity contribution in [2.45, 2.75) is 58.8 Å². The zero-order valence-corrected chi connectivity index (χ0v) is 14.3. The van der Waals surface area contributed by atoms with E-state index >= 15 is 0 Å². The summed E-state index contributed by atoms with van der Waals surface area (Å²) in [5.74, 6) is 2.78. The van der Waals surface area contributed by atoms with Gasteiger partial charge in [-0.2, -0.15) is 0 Å². The lowest BCUT2D eigenvalue weighted by atomic mass is 9.71. The quantitative estimate of drug-likeness (QED) is 0.753. The number of hydrogen-bond acceptors (Lipinski definition) is 2. The van der Waals surface area contributed by atoms with Crippen LogP contribution in [0, 0.1) is 17.8 Å². The van der Waals surface area contributed by atoms with E-state index in [0.29, 0.717) is 0 Å². The predicted molar refractivity (Wildman–Crippen MR) is 90.6 cm³/mol. The molecule has 0 saturated heterocycles. The van der Waals surface area contributed by atoms with Crippen molar-refractivity contribution in [3.63, 3.8) is 0 Å². The Balaban J connectivity index is 1.98. The molecule has 1 aromatic heterocycles. The third-order valence-corrected chi connectivity index (χ3v) is 6.19. The van der Waals surface area contributed by atoms with Crippen LogP contribution >= 0.6 is 11.3 Å². The molecule has 1 aliphatic rings. The summed E-state index contributed by atoms with van der Waals surface area (Å²) in [7, 11) is 2.11. The van der Waals surface area contributed by atoms with E-state index in [4.69, 9.17) is 0 Å². The summed E-state index contributed by atoms with van der Waals surface area (Å²) in [6.07, 6.45) is 9.65. The Morgan fingerprint density at radius 3 is 2.60 bits per heavy atom. The summed E-state index contributed by atoms with van der Waals surface area (Å²) in [5, 5.41) is 3.42. The molecule has 1 nitrogen and oxygen atoms in total. The molecular formula is C18H31NS. The fraction of sp³-hybridized carbons (Fsp3) is 0.778. The van der Waals surface area contributed by atoms with Gasteiger partial charge in [0.15, 0.2) is 0 Å². The minimum atomic E-state index is 0.889. The second kappa shape index (κ2) is 8.19. The number of hydrogen-bond donors (Lipinski definition) is 1. The Morgan fingerprint density at radius 1 is 1.15 bits per heavy atom. The maximum absolute atomic E-state index is 3.42. The van der Waals surface area contributed by atoms with Crippen molar-refractivity contribution in [1.82, 2.24) is 5.32 Å². The number of nitrogens with one attached hydrogen (secondary N) is 1. The lowest BCUT2D eigenvalue weighted by Gasteiger charge is -2.36. The lowest BCUT2D eigenvalue weighted by Crippen LogP contribution is -2.32. The van der Waals surface area contributed by atoms with Gasteiger partial charge in [0, 0.05) is 9.75 Å². The molecule has 114 valence electrons. The Labute approximate surface area is 129 Å². The Bertz CT molecular complexity index is 385.